The molecule has 16 heavy (non-hydrogen) atoms. The van der Waals surface area contributed by atoms with Crippen molar-refractivity contribution in [2.75, 3.05) is 13.2 Å². The van der Waals surface area contributed by atoms with Crippen LogP contribution in [0.25, 0.3) is 0 Å². The maximum Gasteiger partial charge on any atom is 0.356 e. The summed E-state index contributed by atoms with van der Waals surface area (Å²) in [6, 6.07) is 0. The molecule has 0 radical (unpaired) electrons. The Kier molecular flexibility index (Phi) is 3.02. The summed E-state index contributed by atoms with van der Waals surface area (Å²) in [5, 5.41) is 9.63. The SMILES string of the molecule is CC(=O)c1sc(C2CCOC2)nc1C(=O)O. The lowest BCUT2D eigenvalue weighted by atomic mass is 10.1. The maximum atomic E-state index is 11.3. The third-order valence-corrected chi connectivity index (χ3v) is 3.76. The van der Waals surface area contributed by atoms with Crippen molar-refractivity contribution in [3.8, 4) is 0 Å². The predicted molar refractivity (Wildman–Crippen MR) is 57.3 cm³/mol. The highest BCUT2D eigenvalue weighted by molar-refractivity contribution is 7.14. The molecule has 6 heteroatoms. The lowest BCUT2D eigenvalue weighted by Crippen LogP contribution is -2.04. The van der Waals surface area contributed by atoms with Crippen LogP contribution in [-0.4, -0.2) is 35.1 Å². The first-order valence-corrected chi connectivity index (χ1v) is 5.74. The van der Waals surface area contributed by atoms with E-state index in [1.54, 1.807) is 0 Å². The van der Waals surface area contributed by atoms with Crippen LogP contribution in [0.15, 0.2) is 0 Å². The average molecular weight is 241 g/mol. The fourth-order valence-corrected chi connectivity index (χ4v) is 2.70. The number of carboxylic acid groups (broad SMARTS) is 1. The summed E-state index contributed by atoms with van der Waals surface area (Å²) in [6.07, 6.45) is 0.837. The number of aromatic nitrogens is 1. The Balaban J connectivity index is 2.37. The van der Waals surface area contributed by atoms with Gasteiger partial charge in [0.05, 0.1) is 11.6 Å². The van der Waals surface area contributed by atoms with Gasteiger partial charge in [-0.05, 0) is 6.42 Å². The number of ether oxygens (including phenoxy) is 1. The molecule has 5 nitrogen and oxygen atoms in total. The monoisotopic (exact) mass is 241 g/mol. The minimum Gasteiger partial charge on any atom is -0.476 e. The number of hydrogen-bond acceptors (Lipinski definition) is 5. The van der Waals surface area contributed by atoms with Crippen molar-refractivity contribution in [2.24, 2.45) is 0 Å². The van der Waals surface area contributed by atoms with Crippen LogP contribution in [0.2, 0.25) is 0 Å². The van der Waals surface area contributed by atoms with Gasteiger partial charge in [0.15, 0.2) is 11.5 Å². The van der Waals surface area contributed by atoms with Gasteiger partial charge in [0.2, 0.25) is 0 Å². The average Bonchev–Trinajstić information content (AvgIpc) is 2.86. The van der Waals surface area contributed by atoms with Gasteiger partial charge >= 0.3 is 5.97 Å². The van der Waals surface area contributed by atoms with Crippen LogP contribution < -0.4 is 0 Å². The summed E-state index contributed by atoms with van der Waals surface area (Å²) < 4.78 is 5.22. The smallest absolute Gasteiger partial charge is 0.356 e. The van der Waals surface area contributed by atoms with E-state index in [1.807, 2.05) is 0 Å². The first-order chi connectivity index (χ1) is 7.59. The molecule has 1 N–H and O–H groups in total. The van der Waals surface area contributed by atoms with E-state index in [0.29, 0.717) is 18.2 Å². The molecular formula is C10H11NO4S. The fraction of sp³-hybridized carbons (Fsp3) is 0.500. The Labute approximate surface area is 96.1 Å². The van der Waals surface area contributed by atoms with E-state index in [2.05, 4.69) is 4.98 Å². The molecule has 0 aromatic carbocycles. The highest BCUT2D eigenvalue weighted by Crippen LogP contribution is 2.31. The summed E-state index contributed by atoms with van der Waals surface area (Å²) in [5.74, 6) is -1.26. The van der Waals surface area contributed by atoms with Gasteiger partial charge in [0.1, 0.15) is 4.88 Å². The van der Waals surface area contributed by atoms with E-state index < -0.39 is 5.97 Å². The Bertz CT molecular complexity index is 403. The number of rotatable bonds is 3. The lowest BCUT2D eigenvalue weighted by Gasteiger charge is -1.99. The van der Waals surface area contributed by atoms with Crippen LogP contribution in [0.1, 0.15) is 44.4 Å². The summed E-state index contributed by atoms with van der Waals surface area (Å²) >= 11 is 1.17. The molecule has 1 atom stereocenters. The number of aromatic carboxylic acids is 1. The van der Waals surface area contributed by atoms with Crippen molar-refractivity contribution in [3.05, 3.63) is 15.6 Å². The first kappa shape index (κ1) is 11.2. The number of carboxylic acids is 1. The van der Waals surface area contributed by atoms with Crippen molar-refractivity contribution in [1.29, 1.82) is 0 Å². The largest absolute Gasteiger partial charge is 0.476 e. The number of carbonyl (C=O) groups is 2. The normalized spacial score (nSPS) is 19.9. The maximum absolute atomic E-state index is 11.3. The van der Waals surface area contributed by atoms with E-state index in [4.69, 9.17) is 9.84 Å². The molecule has 1 fully saturated rings. The highest BCUT2D eigenvalue weighted by atomic mass is 32.1. The molecule has 1 aromatic heterocycles. The molecule has 0 spiro atoms. The number of thiazole rings is 1. The van der Waals surface area contributed by atoms with E-state index in [0.717, 1.165) is 6.42 Å². The zero-order valence-electron chi connectivity index (χ0n) is 8.73. The second-order valence-electron chi connectivity index (χ2n) is 3.65. The van der Waals surface area contributed by atoms with Crippen molar-refractivity contribution in [1.82, 2.24) is 4.98 Å². The van der Waals surface area contributed by atoms with Crippen molar-refractivity contribution in [3.63, 3.8) is 0 Å². The van der Waals surface area contributed by atoms with Crippen LogP contribution in [0.4, 0.5) is 0 Å². The van der Waals surface area contributed by atoms with Gasteiger partial charge in [-0.25, -0.2) is 9.78 Å². The predicted octanol–water partition coefficient (Wildman–Crippen LogP) is 1.55. The van der Waals surface area contributed by atoms with Crippen LogP contribution >= 0.6 is 11.3 Å². The van der Waals surface area contributed by atoms with E-state index in [1.165, 1.54) is 18.3 Å². The molecule has 1 aliphatic rings. The molecule has 1 aliphatic heterocycles. The second kappa shape index (κ2) is 4.31. The topological polar surface area (TPSA) is 76.5 Å². The van der Waals surface area contributed by atoms with Crippen LogP contribution in [0.5, 0.6) is 0 Å². The zero-order valence-corrected chi connectivity index (χ0v) is 9.54. The Hall–Kier alpha value is -1.27. The van der Waals surface area contributed by atoms with Crippen molar-refractivity contribution >= 4 is 23.1 Å². The van der Waals surface area contributed by atoms with Crippen molar-refractivity contribution in [2.45, 2.75) is 19.3 Å². The zero-order chi connectivity index (χ0) is 11.7. The molecular weight excluding hydrogens is 230 g/mol. The molecule has 0 bridgehead atoms. The fourth-order valence-electron chi connectivity index (χ4n) is 1.62. The molecule has 2 heterocycles. The number of carbonyl (C=O) groups excluding carboxylic acids is 1. The van der Waals surface area contributed by atoms with Gasteiger partial charge in [-0.1, -0.05) is 0 Å². The summed E-state index contributed by atoms with van der Waals surface area (Å²) in [6.45, 7) is 2.58. The van der Waals surface area contributed by atoms with Crippen LogP contribution in [0.3, 0.4) is 0 Å². The third-order valence-electron chi connectivity index (χ3n) is 2.44. The highest BCUT2D eigenvalue weighted by Gasteiger charge is 2.26. The Morgan fingerprint density at radius 3 is 2.75 bits per heavy atom. The molecule has 2 rings (SSSR count). The van der Waals surface area contributed by atoms with Crippen LogP contribution in [-0.2, 0) is 4.74 Å². The number of Topliss-reactive ketones (excluding diaryl/α,β-unsaturated/α-hetero) is 1. The van der Waals surface area contributed by atoms with Gasteiger partial charge in [-0.3, -0.25) is 4.79 Å². The first-order valence-electron chi connectivity index (χ1n) is 4.92. The standard InChI is InChI=1S/C10H11NO4S/c1-5(12)8-7(10(13)14)11-9(16-8)6-2-3-15-4-6/h6H,2-4H2,1H3,(H,13,14). The molecule has 0 amide bonds. The van der Waals surface area contributed by atoms with E-state index >= 15 is 0 Å². The van der Waals surface area contributed by atoms with Gasteiger partial charge < -0.3 is 9.84 Å². The molecule has 1 saturated heterocycles. The van der Waals surface area contributed by atoms with Gasteiger partial charge in [0, 0.05) is 19.4 Å². The minimum atomic E-state index is -1.15. The van der Waals surface area contributed by atoms with Gasteiger partial charge in [-0.2, -0.15) is 0 Å². The number of hydrogen-bond donors (Lipinski definition) is 1. The molecule has 86 valence electrons. The lowest BCUT2D eigenvalue weighted by molar-refractivity contribution is 0.0686. The number of nitrogens with zero attached hydrogens (tertiary/aromatic N) is 1. The molecule has 0 saturated carbocycles. The quantitative estimate of drug-likeness (QED) is 0.812. The van der Waals surface area contributed by atoms with Gasteiger partial charge in [-0.15, -0.1) is 11.3 Å². The summed E-state index contributed by atoms with van der Waals surface area (Å²) in [5.41, 5.74) is -0.126. The number of ketones is 1. The van der Waals surface area contributed by atoms with Crippen LogP contribution in [0, 0.1) is 0 Å². The second-order valence-corrected chi connectivity index (χ2v) is 4.68. The molecule has 0 aliphatic carbocycles. The van der Waals surface area contributed by atoms with Crippen molar-refractivity contribution < 1.29 is 19.4 Å². The summed E-state index contributed by atoms with van der Waals surface area (Å²) in [7, 11) is 0. The molecule has 1 aromatic rings. The Morgan fingerprint density at radius 1 is 1.56 bits per heavy atom. The minimum absolute atomic E-state index is 0.126. The molecule has 1 unspecified atom stereocenters. The Morgan fingerprint density at radius 2 is 2.31 bits per heavy atom. The van der Waals surface area contributed by atoms with Gasteiger partial charge in [0.25, 0.3) is 0 Å². The summed E-state index contributed by atoms with van der Waals surface area (Å²) in [4.78, 5) is 26.5. The third kappa shape index (κ3) is 1.98. The van der Waals surface area contributed by atoms with E-state index in [9.17, 15) is 9.59 Å². The van der Waals surface area contributed by atoms with E-state index in [-0.39, 0.29) is 22.3 Å².